The van der Waals surface area contributed by atoms with Crippen molar-refractivity contribution in [2.75, 3.05) is 0 Å². The van der Waals surface area contributed by atoms with Crippen LogP contribution < -0.4 is 0 Å². The highest BCUT2D eigenvalue weighted by Crippen LogP contribution is 2.71. The van der Waals surface area contributed by atoms with Crippen LogP contribution in [0.15, 0.2) is 0 Å². The van der Waals surface area contributed by atoms with Crippen molar-refractivity contribution in [1.82, 2.24) is 0 Å². The van der Waals surface area contributed by atoms with Gasteiger partial charge in [-0.05, 0) is 36.5 Å². The van der Waals surface area contributed by atoms with Crippen molar-refractivity contribution in [3.05, 3.63) is 0 Å². The van der Waals surface area contributed by atoms with E-state index in [9.17, 15) is 4.39 Å². The SMILES string of the molecule is FC1C2CC3C(C2)C13. The van der Waals surface area contributed by atoms with Crippen LogP contribution in [0.4, 0.5) is 4.39 Å². The summed E-state index contributed by atoms with van der Waals surface area (Å²) in [5.74, 6) is 2.78. The Bertz CT molecular complexity index is 129. The molecule has 4 saturated carbocycles. The zero-order valence-electron chi connectivity index (χ0n) is 4.68. The van der Waals surface area contributed by atoms with Crippen molar-refractivity contribution in [3.63, 3.8) is 0 Å². The van der Waals surface area contributed by atoms with Crippen molar-refractivity contribution < 1.29 is 4.39 Å². The number of hydrogen-bond acceptors (Lipinski definition) is 0. The molecular formula is C7H9F. The summed E-state index contributed by atoms with van der Waals surface area (Å²) in [5.41, 5.74) is 0. The molecular weight excluding hydrogens is 103 g/mol. The molecule has 0 nitrogen and oxygen atoms in total. The van der Waals surface area contributed by atoms with Crippen LogP contribution in [0.5, 0.6) is 0 Å². The molecule has 4 aliphatic carbocycles. The van der Waals surface area contributed by atoms with E-state index in [0.29, 0.717) is 11.8 Å². The molecule has 4 aliphatic rings. The Hall–Kier alpha value is -0.0700. The van der Waals surface area contributed by atoms with E-state index in [1.807, 2.05) is 0 Å². The summed E-state index contributed by atoms with van der Waals surface area (Å²) in [6, 6.07) is 0. The highest BCUT2D eigenvalue weighted by atomic mass is 19.1. The highest BCUT2D eigenvalue weighted by molar-refractivity contribution is 5.16. The van der Waals surface area contributed by atoms with Gasteiger partial charge in [0, 0.05) is 0 Å². The highest BCUT2D eigenvalue weighted by Gasteiger charge is 2.69. The third-order valence-corrected chi connectivity index (χ3v) is 3.37. The number of halogens is 1. The Labute approximate surface area is 48.1 Å². The summed E-state index contributed by atoms with van der Waals surface area (Å²) in [7, 11) is 0. The molecule has 4 bridgehead atoms. The van der Waals surface area contributed by atoms with Crippen LogP contribution in [0.2, 0.25) is 0 Å². The lowest BCUT2D eigenvalue weighted by Crippen LogP contribution is -2.02. The molecule has 4 fully saturated rings. The van der Waals surface area contributed by atoms with Crippen LogP contribution >= 0.6 is 0 Å². The zero-order valence-corrected chi connectivity index (χ0v) is 4.68. The van der Waals surface area contributed by atoms with E-state index in [1.54, 1.807) is 0 Å². The maximum atomic E-state index is 12.8. The predicted octanol–water partition coefficient (Wildman–Crippen LogP) is 1.61. The van der Waals surface area contributed by atoms with Gasteiger partial charge in [-0.1, -0.05) is 0 Å². The van der Waals surface area contributed by atoms with Crippen LogP contribution in [0, 0.1) is 23.7 Å². The summed E-state index contributed by atoms with van der Waals surface area (Å²) in [6.45, 7) is 0. The fraction of sp³-hybridized carbons (Fsp3) is 1.00. The first kappa shape index (κ1) is 3.86. The summed E-state index contributed by atoms with van der Waals surface area (Å²) < 4.78 is 12.8. The van der Waals surface area contributed by atoms with Crippen molar-refractivity contribution >= 4 is 0 Å². The molecule has 44 valence electrons. The molecule has 1 heteroatoms. The van der Waals surface area contributed by atoms with Gasteiger partial charge >= 0.3 is 0 Å². The molecule has 0 heterocycles. The van der Waals surface area contributed by atoms with E-state index >= 15 is 0 Å². The molecule has 0 aromatic carbocycles. The monoisotopic (exact) mass is 112 g/mol. The minimum atomic E-state index is -0.370. The van der Waals surface area contributed by atoms with Gasteiger partial charge in [-0.3, -0.25) is 0 Å². The van der Waals surface area contributed by atoms with E-state index in [1.165, 1.54) is 12.8 Å². The van der Waals surface area contributed by atoms with E-state index in [4.69, 9.17) is 0 Å². The smallest absolute Gasteiger partial charge is 0.106 e. The molecule has 0 N–H and O–H groups in total. The maximum absolute atomic E-state index is 12.8. The molecule has 0 radical (unpaired) electrons. The van der Waals surface area contributed by atoms with Crippen molar-refractivity contribution in [2.45, 2.75) is 19.0 Å². The topological polar surface area (TPSA) is 0 Å². The average Bonchev–Trinajstić information content (AvgIpc) is 2.23. The molecule has 3 unspecified atom stereocenters. The van der Waals surface area contributed by atoms with Gasteiger partial charge in [0.15, 0.2) is 0 Å². The van der Waals surface area contributed by atoms with E-state index in [2.05, 4.69) is 0 Å². The molecule has 0 aromatic heterocycles. The number of hydrogen-bond donors (Lipinski definition) is 0. The Morgan fingerprint density at radius 3 is 1.88 bits per heavy atom. The van der Waals surface area contributed by atoms with Gasteiger partial charge in [-0.25, -0.2) is 4.39 Å². The lowest BCUT2D eigenvalue weighted by Gasteiger charge is -2.00. The van der Waals surface area contributed by atoms with Gasteiger partial charge in [-0.15, -0.1) is 0 Å². The Balaban J connectivity index is 2.10. The third-order valence-electron chi connectivity index (χ3n) is 3.37. The lowest BCUT2D eigenvalue weighted by atomic mass is 10.1. The summed E-state index contributed by atoms with van der Waals surface area (Å²) in [6.07, 6.45) is 2.09. The first-order chi connectivity index (χ1) is 3.88. The van der Waals surface area contributed by atoms with Crippen molar-refractivity contribution in [2.24, 2.45) is 23.7 Å². The lowest BCUT2D eigenvalue weighted by molar-refractivity contribution is 0.271. The Morgan fingerprint density at radius 1 is 1.12 bits per heavy atom. The first-order valence-corrected chi connectivity index (χ1v) is 3.52. The van der Waals surface area contributed by atoms with Gasteiger partial charge in [-0.2, -0.15) is 0 Å². The molecule has 4 rings (SSSR count). The molecule has 0 spiro atoms. The second-order valence-corrected chi connectivity index (χ2v) is 3.58. The molecule has 0 saturated heterocycles. The van der Waals surface area contributed by atoms with Crippen LogP contribution in [-0.2, 0) is 0 Å². The van der Waals surface area contributed by atoms with Crippen LogP contribution in [0.3, 0.4) is 0 Å². The Morgan fingerprint density at radius 2 is 1.75 bits per heavy atom. The van der Waals surface area contributed by atoms with Crippen LogP contribution in [0.1, 0.15) is 12.8 Å². The number of alkyl halides is 1. The molecule has 3 atom stereocenters. The fourth-order valence-corrected chi connectivity index (χ4v) is 2.98. The number of rotatable bonds is 0. The molecule has 0 aliphatic heterocycles. The van der Waals surface area contributed by atoms with E-state index < -0.39 is 0 Å². The predicted molar refractivity (Wildman–Crippen MR) is 28.1 cm³/mol. The minimum absolute atomic E-state index is 0.370. The van der Waals surface area contributed by atoms with Crippen LogP contribution in [0.25, 0.3) is 0 Å². The zero-order chi connectivity index (χ0) is 5.30. The molecule has 0 aromatic rings. The van der Waals surface area contributed by atoms with Gasteiger partial charge < -0.3 is 0 Å². The quantitative estimate of drug-likeness (QED) is 0.446. The average molecular weight is 112 g/mol. The molecule has 8 heavy (non-hydrogen) atoms. The second kappa shape index (κ2) is 0.850. The fourth-order valence-electron chi connectivity index (χ4n) is 2.98. The normalized spacial score (nSPS) is 73.9. The maximum Gasteiger partial charge on any atom is 0.106 e. The van der Waals surface area contributed by atoms with E-state index in [-0.39, 0.29) is 6.17 Å². The second-order valence-electron chi connectivity index (χ2n) is 3.58. The Kier molecular flexibility index (Phi) is 0.410. The summed E-state index contributed by atoms with van der Waals surface area (Å²) in [4.78, 5) is 0. The molecule has 0 amide bonds. The first-order valence-electron chi connectivity index (χ1n) is 3.52. The largest absolute Gasteiger partial charge is 0.247 e. The van der Waals surface area contributed by atoms with Gasteiger partial charge in [0.05, 0.1) is 0 Å². The summed E-state index contributed by atoms with van der Waals surface area (Å²) in [5, 5.41) is 0. The van der Waals surface area contributed by atoms with E-state index in [0.717, 1.165) is 11.8 Å². The van der Waals surface area contributed by atoms with Crippen LogP contribution in [-0.4, -0.2) is 6.17 Å². The van der Waals surface area contributed by atoms with Gasteiger partial charge in [0.1, 0.15) is 6.17 Å². The van der Waals surface area contributed by atoms with Crippen molar-refractivity contribution in [3.8, 4) is 0 Å². The minimum Gasteiger partial charge on any atom is -0.247 e. The summed E-state index contributed by atoms with van der Waals surface area (Å²) >= 11 is 0. The van der Waals surface area contributed by atoms with Crippen molar-refractivity contribution in [1.29, 1.82) is 0 Å². The van der Waals surface area contributed by atoms with Gasteiger partial charge in [0.25, 0.3) is 0 Å². The third kappa shape index (κ3) is 0.214. The van der Waals surface area contributed by atoms with Gasteiger partial charge in [0.2, 0.25) is 0 Å². The standard InChI is InChI=1S/C7H9F/c8-7-3-1-4-5(2-3)6(4)7/h3-7H,1-2H2.